The summed E-state index contributed by atoms with van der Waals surface area (Å²) in [5, 5.41) is 4.85. The van der Waals surface area contributed by atoms with Gasteiger partial charge in [-0.3, -0.25) is 14.3 Å². The van der Waals surface area contributed by atoms with Gasteiger partial charge >= 0.3 is 0 Å². The van der Waals surface area contributed by atoms with Crippen LogP contribution in [0.1, 0.15) is 17.5 Å². The molecule has 35 heavy (non-hydrogen) atoms. The van der Waals surface area contributed by atoms with Crippen molar-refractivity contribution in [3.05, 3.63) is 87.6 Å². The monoisotopic (exact) mass is 678 g/mol. The van der Waals surface area contributed by atoms with Crippen LogP contribution in [0.5, 0.6) is 0 Å². The number of benzene rings is 2. The molecule has 1 N–H and O–H groups in total. The van der Waals surface area contributed by atoms with Gasteiger partial charge in [-0.25, -0.2) is 4.98 Å². The number of hydrogen-bond donors (Lipinski definition) is 1. The predicted octanol–water partition coefficient (Wildman–Crippen LogP) is 6.01. The van der Waals surface area contributed by atoms with E-state index in [1.54, 1.807) is 37.5 Å². The van der Waals surface area contributed by atoms with Crippen molar-refractivity contribution in [1.82, 2.24) is 19.4 Å². The number of pyridine rings is 1. The molecule has 2 aromatic heterocycles. The van der Waals surface area contributed by atoms with Crippen LogP contribution >= 0.6 is 23.2 Å². The SMILES string of the molecule is Cc1cc(CN2CCC2)ccc1Nc1ncc2cc(-c3c(Cl)cccc3Cl)c(=O)n(C)c2n1.[CH3-].[W]. The summed E-state index contributed by atoms with van der Waals surface area (Å²) < 4.78 is 1.50. The zero-order valence-electron chi connectivity index (χ0n) is 19.8. The number of fused-ring (bicyclic) bond motifs is 1. The molecule has 1 aliphatic heterocycles. The van der Waals surface area contributed by atoms with Crippen LogP contribution in [0.15, 0.2) is 53.5 Å². The Hall–Kier alpha value is -2.24. The molecule has 4 aromatic rings. The van der Waals surface area contributed by atoms with E-state index < -0.39 is 0 Å². The molecule has 2 aromatic carbocycles. The number of likely N-dealkylation sites (tertiary alicyclic amines) is 1. The van der Waals surface area contributed by atoms with Crippen LogP contribution in [0.4, 0.5) is 11.6 Å². The molecule has 0 atom stereocenters. The van der Waals surface area contributed by atoms with E-state index in [-0.39, 0.29) is 34.1 Å². The Labute approximate surface area is 229 Å². The summed E-state index contributed by atoms with van der Waals surface area (Å²) in [4.78, 5) is 24.6. The van der Waals surface area contributed by atoms with Crippen LogP contribution in [0.3, 0.4) is 0 Å². The minimum Gasteiger partial charge on any atom is -0.358 e. The summed E-state index contributed by atoms with van der Waals surface area (Å²) in [6, 6.07) is 13.3. The molecule has 3 heterocycles. The topological polar surface area (TPSA) is 63.1 Å². The van der Waals surface area contributed by atoms with Crippen molar-refractivity contribution in [3.8, 4) is 11.1 Å². The zero-order chi connectivity index (χ0) is 23.1. The number of aryl methyl sites for hydroxylation is 2. The summed E-state index contributed by atoms with van der Waals surface area (Å²) in [5.41, 5.74) is 4.58. The molecule has 0 unspecified atom stereocenters. The van der Waals surface area contributed by atoms with Crippen LogP contribution in [-0.4, -0.2) is 32.5 Å². The van der Waals surface area contributed by atoms with Crippen molar-refractivity contribution in [2.75, 3.05) is 18.4 Å². The maximum atomic E-state index is 13.1. The van der Waals surface area contributed by atoms with Crippen molar-refractivity contribution in [2.45, 2.75) is 19.9 Å². The fraction of sp³-hybridized carbons (Fsp3) is 0.231. The van der Waals surface area contributed by atoms with Gasteiger partial charge in [-0.1, -0.05) is 41.4 Å². The first-order valence-corrected chi connectivity index (χ1v) is 11.6. The molecular formula is C26H26Cl2N5OW-. The Morgan fingerprint density at radius 3 is 2.43 bits per heavy atom. The fourth-order valence-electron chi connectivity index (χ4n) is 4.12. The van der Waals surface area contributed by atoms with E-state index in [0.29, 0.717) is 32.8 Å². The Balaban J connectivity index is 0.00000171. The van der Waals surface area contributed by atoms with Crippen molar-refractivity contribution in [2.24, 2.45) is 7.05 Å². The summed E-state index contributed by atoms with van der Waals surface area (Å²) >= 11 is 12.7. The molecule has 9 heteroatoms. The summed E-state index contributed by atoms with van der Waals surface area (Å²) in [5.74, 6) is 0.430. The number of nitrogens with zero attached hydrogens (tertiary/aromatic N) is 4. The molecular weight excluding hydrogens is 653 g/mol. The fourth-order valence-corrected chi connectivity index (χ4v) is 4.73. The van der Waals surface area contributed by atoms with E-state index in [2.05, 4.69) is 45.3 Å². The predicted molar refractivity (Wildman–Crippen MR) is 141 cm³/mol. The third-order valence-electron chi connectivity index (χ3n) is 6.07. The van der Waals surface area contributed by atoms with E-state index >= 15 is 0 Å². The Morgan fingerprint density at radius 2 is 1.80 bits per heavy atom. The molecule has 1 fully saturated rings. The first-order chi connectivity index (χ1) is 15.9. The van der Waals surface area contributed by atoms with Crippen LogP contribution in [-0.2, 0) is 34.7 Å². The molecule has 0 bridgehead atoms. The van der Waals surface area contributed by atoms with Crippen molar-refractivity contribution >= 4 is 45.9 Å². The van der Waals surface area contributed by atoms with Crippen molar-refractivity contribution in [3.63, 3.8) is 0 Å². The van der Waals surface area contributed by atoms with Crippen molar-refractivity contribution in [1.29, 1.82) is 0 Å². The third-order valence-corrected chi connectivity index (χ3v) is 6.70. The van der Waals surface area contributed by atoms with E-state index in [0.717, 1.165) is 23.2 Å². The summed E-state index contributed by atoms with van der Waals surface area (Å²) in [6.07, 6.45) is 2.99. The van der Waals surface area contributed by atoms with Crippen LogP contribution in [0.25, 0.3) is 22.2 Å². The Morgan fingerprint density at radius 1 is 1.09 bits per heavy atom. The van der Waals surface area contributed by atoms with Gasteiger partial charge in [0.05, 0.1) is 15.6 Å². The molecule has 182 valence electrons. The number of anilines is 2. The van der Waals surface area contributed by atoms with Crippen molar-refractivity contribution < 1.29 is 21.1 Å². The Kier molecular flexibility index (Phi) is 8.76. The zero-order valence-corrected chi connectivity index (χ0v) is 24.3. The van der Waals surface area contributed by atoms with Gasteiger partial charge < -0.3 is 12.7 Å². The normalized spacial score (nSPS) is 13.0. The number of rotatable bonds is 5. The molecule has 0 amide bonds. The molecule has 0 saturated carbocycles. The minimum atomic E-state index is -0.228. The standard InChI is InChI=1S/C25H23Cl2N5O.CH3.W/c1-15-11-16(14-32-9-4-10-32)7-8-21(15)29-25-28-13-17-12-18(24(33)31(2)23(17)30-25)22-19(26)5-3-6-20(22)27;;/h3,5-8,11-13H,4,9-10,14H2,1-2H3,(H,28,29,30);1H3;/q;-1;. The second kappa shape index (κ2) is 11.2. The van der Waals surface area contributed by atoms with Gasteiger partial charge in [-0.15, -0.1) is 0 Å². The molecule has 1 saturated heterocycles. The summed E-state index contributed by atoms with van der Waals surface area (Å²) in [7, 11) is 1.69. The second-order valence-electron chi connectivity index (χ2n) is 8.40. The average molecular weight is 679 g/mol. The molecule has 6 nitrogen and oxygen atoms in total. The first kappa shape index (κ1) is 27.3. The van der Waals surface area contributed by atoms with Gasteiger partial charge in [0, 0.05) is 57.5 Å². The van der Waals surface area contributed by atoms with Gasteiger partial charge in [0.25, 0.3) is 5.56 Å². The van der Waals surface area contributed by atoms with E-state index in [1.807, 2.05) is 0 Å². The summed E-state index contributed by atoms with van der Waals surface area (Å²) in [6.45, 7) is 5.39. The molecule has 0 spiro atoms. The number of hydrogen-bond acceptors (Lipinski definition) is 5. The van der Waals surface area contributed by atoms with Crippen LogP contribution in [0, 0.1) is 14.4 Å². The number of aromatic nitrogens is 3. The van der Waals surface area contributed by atoms with Gasteiger partial charge in [0.2, 0.25) is 5.95 Å². The van der Waals surface area contributed by atoms with Gasteiger partial charge in [0.1, 0.15) is 5.65 Å². The quantitative estimate of drug-likeness (QED) is 0.262. The molecule has 5 rings (SSSR count). The van der Waals surface area contributed by atoms with E-state index in [1.165, 1.54) is 29.6 Å². The first-order valence-electron chi connectivity index (χ1n) is 10.8. The van der Waals surface area contributed by atoms with Crippen LogP contribution < -0.4 is 10.9 Å². The minimum absolute atomic E-state index is 0. The van der Waals surface area contributed by atoms with Gasteiger partial charge in [-0.05, 0) is 61.8 Å². The van der Waals surface area contributed by atoms with Crippen LogP contribution in [0.2, 0.25) is 10.0 Å². The molecule has 0 aliphatic carbocycles. The maximum Gasteiger partial charge on any atom is 0.259 e. The van der Waals surface area contributed by atoms with Gasteiger partial charge in [-0.2, -0.15) is 4.98 Å². The molecule has 0 radical (unpaired) electrons. The number of nitrogens with one attached hydrogen (secondary N) is 1. The Bertz CT molecular complexity index is 1420. The van der Waals surface area contributed by atoms with Gasteiger partial charge in [0.15, 0.2) is 0 Å². The smallest absolute Gasteiger partial charge is 0.259 e. The average Bonchev–Trinajstić information content (AvgIpc) is 2.76. The number of halogens is 2. The van der Waals surface area contributed by atoms with E-state index in [4.69, 9.17) is 23.2 Å². The molecule has 1 aliphatic rings. The second-order valence-corrected chi connectivity index (χ2v) is 9.21. The van der Waals surface area contributed by atoms with E-state index in [9.17, 15) is 4.79 Å². The largest absolute Gasteiger partial charge is 0.358 e. The maximum absolute atomic E-state index is 13.1. The third kappa shape index (κ3) is 5.46.